The van der Waals surface area contributed by atoms with Gasteiger partial charge in [0.15, 0.2) is 10.1 Å². The molecule has 1 aromatic rings. The van der Waals surface area contributed by atoms with Crippen LogP contribution in [0, 0.1) is 0 Å². The van der Waals surface area contributed by atoms with E-state index in [0.717, 1.165) is 0 Å². The number of alkyl halides is 3. The second-order valence-electron chi connectivity index (χ2n) is 2.05. The third kappa shape index (κ3) is 22.5. The summed E-state index contributed by atoms with van der Waals surface area (Å²) in [5.74, 6) is 0. The third-order valence-electron chi connectivity index (χ3n) is 0.950. The molecule has 0 unspecified atom stereocenters. The van der Waals surface area contributed by atoms with E-state index in [0.29, 0.717) is 0 Å². The predicted octanol–water partition coefficient (Wildman–Crippen LogP) is 5.32. The quantitative estimate of drug-likeness (QED) is 0.342. The van der Waals surface area contributed by atoms with E-state index in [1.54, 1.807) is 0 Å². The Morgan fingerprint density at radius 3 is 0.850 bits per heavy atom. The van der Waals surface area contributed by atoms with Gasteiger partial charge in [-0.15, -0.1) is 0 Å². The van der Waals surface area contributed by atoms with E-state index in [9.17, 15) is 13.2 Å². The molecule has 0 atom stereocenters. The van der Waals surface area contributed by atoms with Gasteiger partial charge in [0.25, 0.3) is 0 Å². The van der Waals surface area contributed by atoms with Crippen molar-refractivity contribution >= 4 is 10.1 Å². The first-order valence-corrected chi connectivity index (χ1v) is 4.68. The molecule has 1 aromatic carbocycles. The normalized spacial score (nSPS) is 8.00. The van der Waals surface area contributed by atoms with E-state index in [-0.39, 0.29) is 50.5 Å². The molecule has 0 bridgehead atoms. The van der Waals surface area contributed by atoms with Crippen LogP contribution in [0.5, 0.6) is 0 Å². The van der Waals surface area contributed by atoms with Gasteiger partial charge < -0.3 is 35.3 Å². The summed E-state index contributed by atoms with van der Waals surface area (Å²) in [6.45, 7) is 0. The average molecular weight is 498 g/mol. The first-order valence-electron chi connectivity index (χ1n) is 3.27. The van der Waals surface area contributed by atoms with Crippen molar-refractivity contribution in [3.05, 3.63) is 67.2 Å². The summed E-state index contributed by atoms with van der Waals surface area (Å²) in [4.78, 5) is 0. The van der Waals surface area contributed by atoms with E-state index >= 15 is 0 Å². The summed E-state index contributed by atoms with van der Waals surface area (Å²) in [7, 11) is -6.09. The Morgan fingerprint density at radius 1 is 0.700 bits per heavy atom. The van der Waals surface area contributed by atoms with E-state index in [1.165, 1.54) is 0 Å². The minimum atomic E-state index is -6.09. The first kappa shape index (κ1) is 42.7. The van der Waals surface area contributed by atoms with Gasteiger partial charge in [-0.05, 0) is 0 Å². The third-order valence-corrected chi connectivity index (χ3v) is 1.52. The van der Waals surface area contributed by atoms with Gasteiger partial charge in [0, 0.05) is 0 Å². The van der Waals surface area contributed by atoms with Crippen molar-refractivity contribution in [3.8, 4) is 0 Å². The minimum absolute atomic E-state index is 0. The summed E-state index contributed by atoms with van der Waals surface area (Å²) in [6.07, 6.45) is 0. The molecule has 0 heterocycles. The van der Waals surface area contributed by atoms with Crippen LogP contribution in [0.25, 0.3) is 30.8 Å². The van der Waals surface area contributed by atoms with Gasteiger partial charge in [0.2, 0.25) is 0 Å². The summed E-state index contributed by atoms with van der Waals surface area (Å²) in [5, 5.41) is 0. The van der Waals surface area contributed by atoms with Gasteiger partial charge in [-0.25, -0.2) is 8.42 Å². The van der Waals surface area contributed by atoms with Crippen LogP contribution in [0.2, 0.25) is 0 Å². The SMILES string of the molecule is O=S(=O)([O-])C(F)(F)F.[NH2-].[NH2-].[NH2-].[NH2-].[NH2-].[Os+6].c1ccccc1. The molecule has 10 N–H and O–H groups in total. The number of halogens is 3. The Bertz CT molecular complexity index is 339. The summed E-state index contributed by atoms with van der Waals surface area (Å²) in [6, 6.07) is 12.0. The van der Waals surface area contributed by atoms with Gasteiger partial charge >= 0.3 is 25.3 Å². The molecule has 8 nitrogen and oxygen atoms in total. The van der Waals surface area contributed by atoms with Crippen LogP contribution in [-0.4, -0.2) is 18.5 Å². The van der Waals surface area contributed by atoms with Crippen LogP contribution in [0.4, 0.5) is 13.2 Å². The van der Waals surface area contributed by atoms with Crippen molar-refractivity contribution in [2.75, 3.05) is 0 Å². The maximum Gasteiger partial charge on any atom is 6.00 e. The fourth-order valence-corrected chi connectivity index (χ4v) is 0.385. The van der Waals surface area contributed by atoms with Crippen molar-refractivity contribution in [3.63, 3.8) is 0 Å². The molecular weight excluding hydrogens is 481 g/mol. The number of hydrogen-bond donors (Lipinski definition) is 0. The largest absolute Gasteiger partial charge is 6.00 e. The van der Waals surface area contributed by atoms with Crippen molar-refractivity contribution in [2.45, 2.75) is 5.51 Å². The van der Waals surface area contributed by atoms with Gasteiger partial charge in [0.1, 0.15) is 0 Å². The van der Waals surface area contributed by atoms with Gasteiger partial charge in [-0.3, -0.25) is 0 Å². The molecule has 0 aromatic heterocycles. The van der Waals surface area contributed by atoms with Crippen LogP contribution in [0.15, 0.2) is 36.4 Å². The zero-order chi connectivity index (χ0) is 11.2. The fraction of sp³-hybridized carbons (Fsp3) is 0.143. The molecule has 0 saturated heterocycles. The first-order chi connectivity index (χ1) is 6.25. The maximum atomic E-state index is 10.7. The molecule has 0 spiro atoms. The Labute approximate surface area is 129 Å². The fourth-order valence-electron chi connectivity index (χ4n) is 0.385. The molecule has 0 fully saturated rings. The molecule has 0 aliphatic rings. The molecule has 13 heteroatoms. The van der Waals surface area contributed by atoms with Crippen LogP contribution < -0.4 is 0 Å². The van der Waals surface area contributed by atoms with Gasteiger partial charge in [-0.2, -0.15) is 13.2 Å². The standard InChI is InChI=1S/C6H6.CHF3O3S.5H2N.Os/c1-2-4-6-5-3-1;2-1(3,4)8(5,6)7;;;;;;/h1-6H;(H,5,6,7);5*1H2;/q;;5*-1;+6/p-1. The van der Waals surface area contributed by atoms with Crippen molar-refractivity contribution < 1.29 is 45.9 Å². The summed E-state index contributed by atoms with van der Waals surface area (Å²) >= 11 is 0. The Hall–Kier alpha value is -0.644. The van der Waals surface area contributed by atoms with Crippen molar-refractivity contribution in [1.82, 2.24) is 0 Å². The van der Waals surface area contributed by atoms with Crippen molar-refractivity contribution in [1.29, 1.82) is 0 Å². The molecule has 20 heavy (non-hydrogen) atoms. The monoisotopic (exact) mass is 499 g/mol. The summed E-state index contributed by atoms with van der Waals surface area (Å²) < 4.78 is 58.9. The van der Waals surface area contributed by atoms with Gasteiger partial charge in [-0.1, -0.05) is 36.4 Å². The molecule has 1 rings (SSSR count). The number of nitrogens with two attached hydrogens (primary N) is 5. The number of hydrogen-bond acceptors (Lipinski definition) is 3. The topological polar surface area (TPSA) is 225 Å². The Kier molecular flexibility index (Phi) is 39.2. The second kappa shape index (κ2) is 18.4. The second-order valence-corrected chi connectivity index (χ2v) is 3.43. The van der Waals surface area contributed by atoms with Crippen LogP contribution in [-0.2, 0) is 29.9 Å². The average Bonchev–Trinajstić information content (AvgIpc) is 2.05. The molecular formula is C7H16F3N5O3OsS. The maximum absolute atomic E-state index is 10.7. The molecule has 0 amide bonds. The molecule has 0 aliphatic carbocycles. The van der Waals surface area contributed by atoms with E-state index in [2.05, 4.69) is 0 Å². The van der Waals surface area contributed by atoms with E-state index in [4.69, 9.17) is 13.0 Å². The van der Waals surface area contributed by atoms with Crippen molar-refractivity contribution in [2.24, 2.45) is 0 Å². The number of benzene rings is 1. The van der Waals surface area contributed by atoms with Gasteiger partial charge in [0.05, 0.1) is 0 Å². The number of rotatable bonds is 0. The molecule has 122 valence electrons. The Morgan fingerprint density at radius 2 is 0.800 bits per heavy atom. The molecule has 0 radical (unpaired) electrons. The molecule has 0 aliphatic heterocycles. The predicted molar refractivity (Wildman–Crippen MR) is 68.6 cm³/mol. The minimum Gasteiger partial charge on any atom is -0.741 e. The Balaban J connectivity index is -0.0000000263. The zero-order valence-electron chi connectivity index (χ0n) is 9.97. The zero-order valence-corrected chi connectivity index (χ0v) is 13.3. The van der Waals surface area contributed by atoms with E-state index < -0.39 is 15.6 Å². The summed E-state index contributed by atoms with van der Waals surface area (Å²) in [5.41, 5.74) is -5.65. The smallest absolute Gasteiger partial charge is 0.741 e. The molecule has 0 saturated carbocycles. The van der Waals surface area contributed by atoms with Crippen LogP contribution >= 0.6 is 0 Å². The van der Waals surface area contributed by atoms with Crippen LogP contribution in [0.3, 0.4) is 0 Å². The van der Waals surface area contributed by atoms with E-state index in [1.807, 2.05) is 36.4 Å². The van der Waals surface area contributed by atoms with Crippen LogP contribution in [0.1, 0.15) is 0 Å².